The molecule has 0 unspecified atom stereocenters. The highest BCUT2D eigenvalue weighted by molar-refractivity contribution is 7.15. The van der Waals surface area contributed by atoms with Gasteiger partial charge in [-0.25, -0.2) is 4.98 Å². The van der Waals surface area contributed by atoms with Gasteiger partial charge in [-0.2, -0.15) is 0 Å². The molecule has 1 aliphatic heterocycles. The summed E-state index contributed by atoms with van der Waals surface area (Å²) < 4.78 is 5.10. The molecule has 1 aliphatic rings. The fraction of sp³-hybridized carbons (Fsp3) is 0.273. The Bertz CT molecular complexity index is 938. The van der Waals surface area contributed by atoms with Crippen molar-refractivity contribution in [3.63, 3.8) is 0 Å². The number of aromatic nitrogens is 1. The molecule has 0 fully saturated rings. The molecule has 0 radical (unpaired) electrons. The number of nitrogens with zero attached hydrogens (tertiary/aromatic N) is 2. The van der Waals surface area contributed by atoms with E-state index in [-0.39, 0.29) is 5.91 Å². The molecule has 5 nitrogen and oxygen atoms in total. The van der Waals surface area contributed by atoms with Gasteiger partial charge in [0.05, 0.1) is 12.3 Å². The van der Waals surface area contributed by atoms with Gasteiger partial charge in [0.2, 0.25) is 0 Å². The molecule has 0 atom stereocenters. The summed E-state index contributed by atoms with van der Waals surface area (Å²) in [5.41, 5.74) is 4.10. The average molecular weight is 394 g/mol. The summed E-state index contributed by atoms with van der Waals surface area (Å²) in [6, 6.07) is 18.0. The summed E-state index contributed by atoms with van der Waals surface area (Å²) in [6.45, 7) is 3.34. The molecule has 0 saturated carbocycles. The predicted molar refractivity (Wildman–Crippen MR) is 111 cm³/mol. The predicted octanol–water partition coefficient (Wildman–Crippen LogP) is 4.10. The molecule has 4 rings (SSSR count). The van der Waals surface area contributed by atoms with E-state index in [1.165, 1.54) is 10.4 Å². The molecule has 144 valence electrons. The third-order valence-electron chi connectivity index (χ3n) is 4.81. The van der Waals surface area contributed by atoms with Crippen molar-refractivity contribution in [3.05, 3.63) is 81.9 Å². The van der Waals surface area contributed by atoms with E-state index in [1.54, 1.807) is 18.4 Å². The van der Waals surface area contributed by atoms with Crippen LogP contribution in [0.5, 0.6) is 0 Å². The number of fused-ring (bicyclic) bond motifs is 1. The lowest BCUT2D eigenvalue weighted by Crippen LogP contribution is -2.29. The lowest BCUT2D eigenvalue weighted by atomic mass is 10.1. The van der Waals surface area contributed by atoms with Gasteiger partial charge in [-0.15, -0.1) is 11.3 Å². The van der Waals surface area contributed by atoms with Crippen LogP contribution in [0.3, 0.4) is 0 Å². The Morgan fingerprint density at radius 3 is 2.68 bits per heavy atom. The van der Waals surface area contributed by atoms with Crippen molar-refractivity contribution in [2.24, 2.45) is 0 Å². The van der Waals surface area contributed by atoms with Crippen LogP contribution in [0.25, 0.3) is 0 Å². The molecule has 0 bridgehead atoms. The van der Waals surface area contributed by atoms with Crippen molar-refractivity contribution >= 4 is 22.4 Å². The molecule has 2 aromatic carbocycles. The minimum Gasteiger partial charge on any atom is -0.380 e. The molecule has 1 aromatic heterocycles. The van der Waals surface area contributed by atoms with Gasteiger partial charge in [-0.3, -0.25) is 15.0 Å². The summed E-state index contributed by atoms with van der Waals surface area (Å²) in [4.78, 5) is 20.8. The zero-order valence-corrected chi connectivity index (χ0v) is 16.7. The largest absolute Gasteiger partial charge is 0.380 e. The lowest BCUT2D eigenvalue weighted by molar-refractivity contribution is 0.102. The van der Waals surface area contributed by atoms with Gasteiger partial charge >= 0.3 is 0 Å². The number of methoxy groups -OCH3 is 1. The van der Waals surface area contributed by atoms with Crippen LogP contribution in [0.1, 0.15) is 32.1 Å². The highest BCUT2D eigenvalue weighted by atomic mass is 32.1. The number of ether oxygens (including phenoxy) is 1. The number of rotatable bonds is 6. The Morgan fingerprint density at radius 2 is 1.93 bits per heavy atom. The molecular weight excluding hydrogens is 370 g/mol. The van der Waals surface area contributed by atoms with E-state index >= 15 is 0 Å². The molecule has 3 aromatic rings. The summed E-state index contributed by atoms with van der Waals surface area (Å²) in [7, 11) is 1.66. The van der Waals surface area contributed by atoms with Crippen molar-refractivity contribution < 1.29 is 9.53 Å². The van der Waals surface area contributed by atoms with E-state index in [0.717, 1.165) is 37.3 Å². The molecule has 0 spiro atoms. The van der Waals surface area contributed by atoms with Crippen LogP contribution in [0, 0.1) is 0 Å². The van der Waals surface area contributed by atoms with Crippen molar-refractivity contribution in [2.45, 2.75) is 26.1 Å². The molecule has 0 aliphatic carbocycles. The molecule has 1 amide bonds. The number of amides is 1. The topological polar surface area (TPSA) is 54.5 Å². The minimum atomic E-state index is -0.129. The highest BCUT2D eigenvalue weighted by Crippen LogP contribution is 2.29. The standard InChI is InChI=1S/C22H23N3O2S/c1-27-15-17-7-9-18(10-8-17)21(26)24-22-23-19-11-12-25(14-20(19)28-22)13-16-5-3-2-4-6-16/h2-10H,11-15H2,1H3,(H,23,24,26). The summed E-state index contributed by atoms with van der Waals surface area (Å²) >= 11 is 1.58. The van der Waals surface area contributed by atoms with Gasteiger partial charge in [-0.05, 0) is 23.3 Å². The number of anilines is 1. The Labute approximate surface area is 169 Å². The Kier molecular flexibility index (Phi) is 5.81. The lowest BCUT2D eigenvalue weighted by Gasteiger charge is -2.25. The number of nitrogens with one attached hydrogen (secondary N) is 1. The second kappa shape index (κ2) is 8.65. The van der Waals surface area contributed by atoms with Gasteiger partial charge in [0.15, 0.2) is 5.13 Å². The maximum absolute atomic E-state index is 12.5. The number of hydrogen-bond acceptors (Lipinski definition) is 5. The Balaban J connectivity index is 1.39. The number of carbonyl (C=O) groups excluding carboxylic acids is 1. The van der Waals surface area contributed by atoms with E-state index in [0.29, 0.717) is 17.3 Å². The van der Waals surface area contributed by atoms with Crippen molar-refractivity contribution in [3.8, 4) is 0 Å². The SMILES string of the molecule is COCc1ccc(C(=O)Nc2nc3c(s2)CN(Cc2ccccc2)CC3)cc1. The van der Waals surface area contributed by atoms with Crippen LogP contribution in [0.2, 0.25) is 0 Å². The zero-order valence-electron chi connectivity index (χ0n) is 15.9. The fourth-order valence-corrected chi connectivity index (χ4v) is 4.41. The number of hydrogen-bond donors (Lipinski definition) is 1. The smallest absolute Gasteiger partial charge is 0.257 e. The van der Waals surface area contributed by atoms with E-state index in [1.807, 2.05) is 30.3 Å². The van der Waals surface area contributed by atoms with E-state index in [9.17, 15) is 4.79 Å². The highest BCUT2D eigenvalue weighted by Gasteiger charge is 2.21. The van der Waals surface area contributed by atoms with Crippen LogP contribution in [-0.4, -0.2) is 29.4 Å². The molecule has 6 heteroatoms. The summed E-state index contributed by atoms with van der Waals surface area (Å²) in [5.74, 6) is -0.129. The van der Waals surface area contributed by atoms with Gasteiger partial charge in [-0.1, -0.05) is 42.5 Å². The Hall–Kier alpha value is -2.54. The molecule has 28 heavy (non-hydrogen) atoms. The van der Waals surface area contributed by atoms with Crippen LogP contribution in [0.15, 0.2) is 54.6 Å². The van der Waals surface area contributed by atoms with Crippen LogP contribution < -0.4 is 5.32 Å². The van der Waals surface area contributed by atoms with Gasteiger partial charge in [0, 0.05) is 43.6 Å². The summed E-state index contributed by atoms with van der Waals surface area (Å²) in [6.07, 6.45) is 0.917. The van der Waals surface area contributed by atoms with Crippen LogP contribution >= 0.6 is 11.3 Å². The number of thiazole rings is 1. The minimum absolute atomic E-state index is 0.129. The van der Waals surface area contributed by atoms with Crippen molar-refractivity contribution in [1.82, 2.24) is 9.88 Å². The van der Waals surface area contributed by atoms with Crippen molar-refractivity contribution in [1.29, 1.82) is 0 Å². The monoisotopic (exact) mass is 393 g/mol. The molecular formula is C22H23N3O2S. The second-order valence-corrected chi connectivity index (χ2v) is 8.00. The fourth-order valence-electron chi connectivity index (χ4n) is 3.37. The summed E-state index contributed by atoms with van der Waals surface area (Å²) in [5, 5.41) is 3.63. The molecule has 1 N–H and O–H groups in total. The quantitative estimate of drug-likeness (QED) is 0.685. The van der Waals surface area contributed by atoms with Crippen molar-refractivity contribution in [2.75, 3.05) is 19.0 Å². The zero-order chi connectivity index (χ0) is 19.3. The molecule has 2 heterocycles. The van der Waals surface area contributed by atoms with Gasteiger partial charge < -0.3 is 4.74 Å². The first-order valence-electron chi connectivity index (χ1n) is 9.35. The molecule has 0 saturated heterocycles. The van der Waals surface area contributed by atoms with Gasteiger partial charge in [0.25, 0.3) is 5.91 Å². The Morgan fingerprint density at radius 1 is 1.14 bits per heavy atom. The van der Waals surface area contributed by atoms with Gasteiger partial charge in [0.1, 0.15) is 0 Å². The average Bonchev–Trinajstić information content (AvgIpc) is 3.11. The number of carbonyl (C=O) groups is 1. The maximum atomic E-state index is 12.5. The van der Waals surface area contributed by atoms with E-state index < -0.39 is 0 Å². The first-order valence-corrected chi connectivity index (χ1v) is 10.2. The van der Waals surface area contributed by atoms with E-state index in [4.69, 9.17) is 4.74 Å². The van der Waals surface area contributed by atoms with Crippen LogP contribution in [-0.2, 0) is 30.9 Å². The number of benzene rings is 2. The maximum Gasteiger partial charge on any atom is 0.257 e. The second-order valence-electron chi connectivity index (χ2n) is 6.92. The first kappa shape index (κ1) is 18.8. The van der Waals surface area contributed by atoms with E-state index in [2.05, 4.69) is 39.5 Å². The third kappa shape index (κ3) is 4.47. The normalized spacial score (nSPS) is 13.9. The van der Waals surface area contributed by atoms with Crippen LogP contribution in [0.4, 0.5) is 5.13 Å². The third-order valence-corrected chi connectivity index (χ3v) is 5.80. The first-order chi connectivity index (χ1) is 13.7.